The number of aryl methyl sites for hydroxylation is 1. The second-order valence-corrected chi connectivity index (χ2v) is 6.75. The molecule has 0 atom stereocenters. The van der Waals surface area contributed by atoms with E-state index in [9.17, 15) is 9.65 Å². The molecule has 0 aromatic carbocycles. The van der Waals surface area contributed by atoms with Crippen molar-refractivity contribution in [2.45, 2.75) is 18.5 Å². The van der Waals surface area contributed by atoms with Gasteiger partial charge in [-0.25, -0.2) is 9.37 Å². The Morgan fingerprint density at radius 2 is 1.96 bits per heavy atom. The molecule has 4 heterocycles. The van der Waals surface area contributed by atoms with Gasteiger partial charge in [-0.05, 0) is 18.2 Å². The monoisotopic (exact) mass is 381 g/mol. The third kappa shape index (κ3) is 3.07. The van der Waals surface area contributed by atoms with Crippen LogP contribution >= 0.6 is 0 Å². The van der Waals surface area contributed by atoms with Crippen molar-refractivity contribution in [3.8, 4) is 17.3 Å². The predicted octanol–water partition coefficient (Wildman–Crippen LogP) is 2.75. The maximum absolute atomic E-state index is 15.5. The largest absolute Gasteiger partial charge is 0.368 e. The number of rotatable bonds is 3. The smallest absolute Gasteiger partial charge is 0.212 e. The lowest BCUT2D eigenvalue weighted by atomic mass is 9.91. The first-order valence-electron chi connectivity index (χ1n) is 8.81. The number of nitrogens with zero attached hydrogens (tertiary/aromatic N) is 7. The Morgan fingerprint density at radius 1 is 1.18 bits per heavy atom. The molecule has 0 N–H and O–H groups in total. The average Bonchev–Trinajstić information content (AvgIpc) is 3.15. The fourth-order valence-corrected chi connectivity index (χ4v) is 3.59. The van der Waals surface area contributed by atoms with E-state index in [0.29, 0.717) is 41.4 Å². The van der Waals surface area contributed by atoms with Crippen LogP contribution in [-0.4, -0.2) is 37.8 Å². The minimum Gasteiger partial charge on any atom is -0.368 e. The van der Waals surface area contributed by atoms with Gasteiger partial charge in [-0.2, -0.15) is 9.65 Å². The lowest BCUT2D eigenvalue weighted by Gasteiger charge is -2.37. The summed E-state index contributed by atoms with van der Waals surface area (Å²) in [6, 6.07) is 6.61. The van der Waals surface area contributed by atoms with E-state index in [1.165, 1.54) is 24.8 Å². The van der Waals surface area contributed by atoms with E-state index in [2.05, 4.69) is 26.2 Å². The topological polar surface area (TPSA) is 83.5 Å². The molecule has 7 nitrogen and oxygen atoms in total. The van der Waals surface area contributed by atoms with Crippen molar-refractivity contribution in [1.29, 1.82) is 5.26 Å². The van der Waals surface area contributed by atoms with E-state index >= 15 is 4.39 Å². The van der Waals surface area contributed by atoms with Crippen molar-refractivity contribution < 1.29 is 8.78 Å². The lowest BCUT2D eigenvalue weighted by molar-refractivity contribution is 0.109. The van der Waals surface area contributed by atoms with E-state index in [0.717, 1.165) is 0 Å². The SMILES string of the molecule is Cn1cnnc1C1(F)CCN(c2c(C#N)ccnc2-c2ccc(F)nc2)CC1. The fraction of sp³-hybridized carbons (Fsp3) is 0.316. The number of anilines is 1. The first-order chi connectivity index (χ1) is 13.5. The van der Waals surface area contributed by atoms with Gasteiger partial charge < -0.3 is 9.47 Å². The van der Waals surface area contributed by atoms with Crippen molar-refractivity contribution in [2.75, 3.05) is 18.0 Å². The molecule has 9 heteroatoms. The number of alkyl halides is 1. The average molecular weight is 381 g/mol. The van der Waals surface area contributed by atoms with Crippen LogP contribution in [0, 0.1) is 17.3 Å². The van der Waals surface area contributed by atoms with Gasteiger partial charge in [-0.1, -0.05) is 0 Å². The Kier molecular flexibility index (Phi) is 4.47. The minimum atomic E-state index is -1.58. The molecule has 0 radical (unpaired) electrons. The van der Waals surface area contributed by atoms with E-state index in [1.54, 1.807) is 23.7 Å². The highest BCUT2D eigenvalue weighted by Gasteiger charge is 2.41. The Morgan fingerprint density at radius 3 is 2.57 bits per heavy atom. The molecule has 4 rings (SSSR count). The molecule has 1 fully saturated rings. The Labute approximate surface area is 160 Å². The minimum absolute atomic E-state index is 0.209. The number of halogens is 2. The second-order valence-electron chi connectivity index (χ2n) is 6.75. The molecule has 0 bridgehead atoms. The summed E-state index contributed by atoms with van der Waals surface area (Å²) >= 11 is 0. The zero-order chi connectivity index (χ0) is 19.7. The third-order valence-electron chi connectivity index (χ3n) is 5.03. The summed E-state index contributed by atoms with van der Waals surface area (Å²) in [7, 11) is 1.72. The summed E-state index contributed by atoms with van der Waals surface area (Å²) in [5.41, 5.74) is 0.585. The zero-order valence-electron chi connectivity index (χ0n) is 15.2. The van der Waals surface area contributed by atoms with Crippen molar-refractivity contribution in [1.82, 2.24) is 24.7 Å². The van der Waals surface area contributed by atoms with Crippen LogP contribution in [0.2, 0.25) is 0 Å². The second kappa shape index (κ2) is 6.96. The van der Waals surface area contributed by atoms with E-state index < -0.39 is 11.6 Å². The van der Waals surface area contributed by atoms with Crippen LogP contribution in [-0.2, 0) is 12.7 Å². The quantitative estimate of drug-likeness (QED) is 0.649. The van der Waals surface area contributed by atoms with Crippen LogP contribution in [0.3, 0.4) is 0 Å². The third-order valence-corrected chi connectivity index (χ3v) is 5.03. The molecule has 3 aromatic rings. The Balaban J connectivity index is 1.68. The van der Waals surface area contributed by atoms with Crippen molar-refractivity contribution in [2.24, 2.45) is 7.05 Å². The van der Waals surface area contributed by atoms with Crippen LogP contribution in [0.4, 0.5) is 14.5 Å². The number of aromatic nitrogens is 5. The Hall–Kier alpha value is -3.41. The fourth-order valence-electron chi connectivity index (χ4n) is 3.59. The van der Waals surface area contributed by atoms with Crippen LogP contribution in [0.5, 0.6) is 0 Å². The van der Waals surface area contributed by atoms with Crippen molar-refractivity contribution in [3.05, 3.63) is 54.3 Å². The molecule has 0 unspecified atom stereocenters. The molecular formula is C19H17F2N7. The molecule has 1 aliphatic rings. The molecule has 0 saturated carbocycles. The molecule has 0 aliphatic carbocycles. The number of piperidine rings is 1. The molecule has 1 saturated heterocycles. The van der Waals surface area contributed by atoms with Gasteiger partial charge in [0.2, 0.25) is 5.95 Å². The van der Waals surface area contributed by atoms with Crippen molar-refractivity contribution in [3.63, 3.8) is 0 Å². The van der Waals surface area contributed by atoms with E-state index in [1.807, 2.05) is 4.90 Å². The van der Waals surface area contributed by atoms with Gasteiger partial charge in [-0.15, -0.1) is 10.2 Å². The highest BCUT2D eigenvalue weighted by atomic mass is 19.1. The van der Waals surface area contributed by atoms with Crippen LogP contribution in [0.25, 0.3) is 11.3 Å². The maximum Gasteiger partial charge on any atom is 0.212 e. The number of hydrogen-bond donors (Lipinski definition) is 0. The molecule has 1 aliphatic heterocycles. The first kappa shape index (κ1) is 18.0. The summed E-state index contributed by atoms with van der Waals surface area (Å²) < 4.78 is 30.3. The van der Waals surface area contributed by atoms with Gasteiger partial charge >= 0.3 is 0 Å². The van der Waals surface area contributed by atoms with Crippen LogP contribution in [0.15, 0.2) is 36.9 Å². The number of hydrogen-bond acceptors (Lipinski definition) is 6. The Bertz CT molecular complexity index is 1030. The van der Waals surface area contributed by atoms with Gasteiger partial charge in [0.15, 0.2) is 11.5 Å². The molecule has 0 spiro atoms. The molecule has 3 aromatic heterocycles. The number of pyridine rings is 2. The number of nitriles is 1. The summed E-state index contributed by atoms with van der Waals surface area (Å²) in [6.45, 7) is 0.761. The van der Waals surface area contributed by atoms with Gasteiger partial charge in [0.1, 0.15) is 12.4 Å². The predicted molar refractivity (Wildman–Crippen MR) is 97.4 cm³/mol. The lowest BCUT2D eigenvalue weighted by Crippen LogP contribution is -2.42. The summed E-state index contributed by atoms with van der Waals surface area (Å²) in [6.07, 6.45) is 4.81. The van der Waals surface area contributed by atoms with E-state index in [-0.39, 0.29) is 12.8 Å². The summed E-state index contributed by atoms with van der Waals surface area (Å²) in [5, 5.41) is 17.3. The molecular weight excluding hydrogens is 364 g/mol. The molecule has 0 amide bonds. The van der Waals surface area contributed by atoms with Crippen molar-refractivity contribution >= 4 is 5.69 Å². The summed E-state index contributed by atoms with van der Waals surface area (Å²) in [5.74, 6) is -0.285. The first-order valence-corrected chi connectivity index (χ1v) is 8.81. The zero-order valence-corrected chi connectivity index (χ0v) is 15.2. The van der Waals surface area contributed by atoms with Gasteiger partial charge in [0, 0.05) is 50.9 Å². The molecule has 28 heavy (non-hydrogen) atoms. The van der Waals surface area contributed by atoms with E-state index in [4.69, 9.17) is 0 Å². The van der Waals surface area contributed by atoms with Gasteiger partial charge in [0.05, 0.1) is 16.9 Å². The maximum atomic E-state index is 15.5. The van der Waals surface area contributed by atoms with Crippen LogP contribution in [0.1, 0.15) is 24.2 Å². The van der Waals surface area contributed by atoms with Crippen LogP contribution < -0.4 is 4.90 Å². The van der Waals surface area contributed by atoms with Gasteiger partial charge in [0.25, 0.3) is 0 Å². The highest BCUT2D eigenvalue weighted by Crippen LogP contribution is 2.40. The molecule has 142 valence electrons. The summed E-state index contributed by atoms with van der Waals surface area (Å²) in [4.78, 5) is 10.0. The van der Waals surface area contributed by atoms with Gasteiger partial charge in [-0.3, -0.25) is 4.98 Å². The normalized spacial score (nSPS) is 16.0. The standard InChI is InChI=1S/C19H17F2N7/c1-27-12-25-26-18(27)19(21)5-8-28(9-6-19)17-13(10-22)4-7-23-16(17)14-2-3-15(20)24-11-14/h2-4,7,11-12H,5-6,8-9H2,1H3. The highest BCUT2D eigenvalue weighted by molar-refractivity contribution is 5.79.